The summed E-state index contributed by atoms with van der Waals surface area (Å²) in [5.74, 6) is 0. The minimum absolute atomic E-state index is 0.106. The highest BCUT2D eigenvalue weighted by Crippen LogP contribution is 2.14. The van der Waals surface area contributed by atoms with Gasteiger partial charge < -0.3 is 4.84 Å². The molecule has 40 valence electrons. The molecule has 0 aromatic rings. The Kier molecular flexibility index (Phi) is 1.07. The lowest BCUT2D eigenvalue weighted by molar-refractivity contribution is 0.0241. The first-order valence-corrected chi connectivity index (χ1v) is 2.17. The van der Waals surface area contributed by atoms with E-state index in [4.69, 9.17) is 11.7 Å². The SMILES string of the molecule is C#CON1CC1C#N. The minimum Gasteiger partial charge on any atom is -0.352 e. The molecule has 0 amide bonds. The summed E-state index contributed by atoms with van der Waals surface area (Å²) in [7, 11) is 0. The molecule has 0 aliphatic carbocycles. The van der Waals surface area contributed by atoms with Crippen LogP contribution in [-0.4, -0.2) is 17.6 Å². The Bertz CT molecular complexity index is 164. The largest absolute Gasteiger partial charge is 0.352 e. The van der Waals surface area contributed by atoms with E-state index in [2.05, 4.69) is 4.84 Å². The van der Waals surface area contributed by atoms with E-state index in [0.29, 0.717) is 6.54 Å². The van der Waals surface area contributed by atoms with E-state index in [1.54, 1.807) is 0 Å². The third-order valence-corrected chi connectivity index (χ3v) is 0.886. The van der Waals surface area contributed by atoms with Gasteiger partial charge in [-0.05, 0) is 0 Å². The maximum Gasteiger partial charge on any atom is 0.149 e. The highest BCUT2D eigenvalue weighted by Gasteiger charge is 2.36. The van der Waals surface area contributed by atoms with Gasteiger partial charge in [-0.25, -0.2) is 0 Å². The first kappa shape index (κ1) is 4.96. The number of hydroxylamine groups is 2. The molecule has 3 nitrogen and oxygen atoms in total. The molecule has 3 heteroatoms. The molecule has 2 atom stereocenters. The number of hydrogen-bond donors (Lipinski definition) is 0. The fraction of sp³-hybridized carbons (Fsp3) is 0.400. The molecular formula is C5H4N2O. The molecule has 0 aromatic heterocycles. The average Bonchev–Trinajstić information content (AvgIpc) is 2.48. The van der Waals surface area contributed by atoms with Crippen LogP contribution in [0.4, 0.5) is 0 Å². The van der Waals surface area contributed by atoms with Gasteiger partial charge in [-0.2, -0.15) is 5.26 Å². The lowest BCUT2D eigenvalue weighted by Crippen LogP contribution is -1.95. The molecule has 0 N–H and O–H groups in total. The molecule has 2 unspecified atom stereocenters. The van der Waals surface area contributed by atoms with Crippen LogP contribution in [0.25, 0.3) is 0 Å². The van der Waals surface area contributed by atoms with Crippen molar-refractivity contribution in [1.82, 2.24) is 5.06 Å². The summed E-state index contributed by atoms with van der Waals surface area (Å²) in [5.41, 5.74) is 0. The zero-order chi connectivity index (χ0) is 5.98. The maximum atomic E-state index is 8.16. The van der Waals surface area contributed by atoms with Crippen molar-refractivity contribution in [2.24, 2.45) is 0 Å². The number of nitrogens with zero attached hydrogens (tertiary/aromatic N) is 2. The van der Waals surface area contributed by atoms with E-state index in [0.717, 1.165) is 0 Å². The molecule has 0 saturated carbocycles. The molecule has 1 aliphatic rings. The van der Waals surface area contributed by atoms with Crippen molar-refractivity contribution in [2.75, 3.05) is 6.54 Å². The molecule has 1 heterocycles. The highest BCUT2D eigenvalue weighted by molar-refractivity contribution is 5.02. The number of hydrogen-bond acceptors (Lipinski definition) is 3. The van der Waals surface area contributed by atoms with E-state index in [1.165, 1.54) is 5.06 Å². The van der Waals surface area contributed by atoms with Gasteiger partial charge in [0.25, 0.3) is 0 Å². The molecule has 1 aliphatic heterocycles. The Morgan fingerprint density at radius 1 is 1.88 bits per heavy atom. The van der Waals surface area contributed by atoms with E-state index in [9.17, 15) is 0 Å². The lowest BCUT2D eigenvalue weighted by atomic mass is 10.6. The van der Waals surface area contributed by atoms with Gasteiger partial charge in [-0.3, -0.25) is 0 Å². The fourth-order valence-corrected chi connectivity index (χ4v) is 0.397. The van der Waals surface area contributed by atoms with E-state index in [1.807, 2.05) is 12.2 Å². The second kappa shape index (κ2) is 1.73. The van der Waals surface area contributed by atoms with Crippen LogP contribution < -0.4 is 0 Å². The summed E-state index contributed by atoms with van der Waals surface area (Å²) in [6.07, 6.45) is 6.73. The third kappa shape index (κ3) is 0.726. The minimum atomic E-state index is -0.106. The number of terminal acetylenes is 1. The molecule has 8 heavy (non-hydrogen) atoms. The van der Waals surface area contributed by atoms with Crippen molar-refractivity contribution >= 4 is 0 Å². The van der Waals surface area contributed by atoms with Gasteiger partial charge in [0.15, 0.2) is 0 Å². The second-order valence-corrected chi connectivity index (χ2v) is 1.45. The molecule has 1 saturated heterocycles. The molecule has 1 rings (SSSR count). The summed E-state index contributed by atoms with van der Waals surface area (Å²) >= 11 is 0. The van der Waals surface area contributed by atoms with E-state index in [-0.39, 0.29) is 6.04 Å². The highest BCUT2D eigenvalue weighted by atomic mass is 16.7. The molecule has 0 spiro atoms. The number of rotatable bonds is 1. The van der Waals surface area contributed by atoms with Crippen molar-refractivity contribution in [1.29, 1.82) is 5.26 Å². The summed E-state index contributed by atoms with van der Waals surface area (Å²) in [6, 6.07) is 1.87. The van der Waals surface area contributed by atoms with Crippen molar-refractivity contribution < 1.29 is 4.84 Å². The zero-order valence-electron chi connectivity index (χ0n) is 4.16. The summed E-state index contributed by atoms with van der Waals surface area (Å²) in [4.78, 5) is 4.49. The van der Waals surface area contributed by atoms with Crippen LogP contribution >= 0.6 is 0 Å². The van der Waals surface area contributed by atoms with Crippen molar-refractivity contribution in [2.45, 2.75) is 6.04 Å². The standard InChI is InChI=1S/C5H4N2O/c1-2-8-7-4-5(7)3-6/h1,5H,4H2. The van der Waals surface area contributed by atoms with Gasteiger partial charge in [0, 0.05) is 0 Å². The Balaban J connectivity index is 2.22. The predicted molar refractivity (Wildman–Crippen MR) is 26.0 cm³/mol. The Morgan fingerprint density at radius 3 is 3.00 bits per heavy atom. The quantitative estimate of drug-likeness (QED) is 0.342. The topological polar surface area (TPSA) is 36.0 Å². The average molecular weight is 108 g/mol. The van der Waals surface area contributed by atoms with Crippen molar-refractivity contribution in [3.63, 3.8) is 0 Å². The second-order valence-electron chi connectivity index (χ2n) is 1.45. The van der Waals surface area contributed by atoms with Crippen LogP contribution in [0.5, 0.6) is 0 Å². The summed E-state index contributed by atoms with van der Waals surface area (Å²) < 4.78 is 0. The normalized spacial score (nSPS) is 32.2. The van der Waals surface area contributed by atoms with Crippen LogP contribution in [0.15, 0.2) is 0 Å². The van der Waals surface area contributed by atoms with Crippen LogP contribution in [0.3, 0.4) is 0 Å². The van der Waals surface area contributed by atoms with Gasteiger partial charge >= 0.3 is 0 Å². The van der Waals surface area contributed by atoms with Crippen LogP contribution in [0.2, 0.25) is 0 Å². The molecular weight excluding hydrogens is 104 g/mol. The first-order valence-electron chi connectivity index (χ1n) is 2.17. The Labute approximate surface area is 47.4 Å². The fourth-order valence-electron chi connectivity index (χ4n) is 0.397. The smallest absolute Gasteiger partial charge is 0.149 e. The van der Waals surface area contributed by atoms with Crippen LogP contribution in [0, 0.1) is 23.9 Å². The van der Waals surface area contributed by atoms with E-state index >= 15 is 0 Å². The molecule has 0 radical (unpaired) electrons. The summed E-state index contributed by atoms with van der Waals surface area (Å²) in [6.45, 7) is 0.640. The van der Waals surface area contributed by atoms with Crippen LogP contribution in [-0.2, 0) is 4.84 Å². The van der Waals surface area contributed by atoms with Gasteiger partial charge in [-0.1, -0.05) is 6.42 Å². The monoisotopic (exact) mass is 108 g/mol. The predicted octanol–water partition coefficient (Wildman–Crippen LogP) is -0.284. The lowest BCUT2D eigenvalue weighted by Gasteiger charge is -1.88. The third-order valence-electron chi connectivity index (χ3n) is 0.886. The zero-order valence-corrected chi connectivity index (χ0v) is 4.16. The first-order chi connectivity index (χ1) is 3.88. The van der Waals surface area contributed by atoms with Gasteiger partial charge in [0.2, 0.25) is 0 Å². The summed E-state index contributed by atoms with van der Waals surface area (Å²) in [5, 5.41) is 9.59. The van der Waals surface area contributed by atoms with Crippen LogP contribution in [0.1, 0.15) is 0 Å². The molecule has 0 bridgehead atoms. The van der Waals surface area contributed by atoms with Crippen molar-refractivity contribution in [3.8, 4) is 18.6 Å². The Morgan fingerprint density at radius 2 is 2.62 bits per heavy atom. The van der Waals surface area contributed by atoms with Gasteiger partial charge in [0.05, 0.1) is 12.6 Å². The van der Waals surface area contributed by atoms with E-state index < -0.39 is 0 Å². The Hall–Kier alpha value is -1.19. The molecule has 1 fully saturated rings. The maximum absolute atomic E-state index is 8.16. The van der Waals surface area contributed by atoms with Gasteiger partial charge in [-0.15, -0.1) is 5.06 Å². The molecule has 0 aromatic carbocycles. The number of nitriles is 1. The van der Waals surface area contributed by atoms with Gasteiger partial charge in [0.1, 0.15) is 12.1 Å². The van der Waals surface area contributed by atoms with Crippen molar-refractivity contribution in [3.05, 3.63) is 0 Å².